The predicted octanol–water partition coefficient (Wildman–Crippen LogP) is 4.09. The fraction of sp³-hybridized carbons (Fsp3) is 0.250. The lowest BCUT2D eigenvalue weighted by Gasteiger charge is -2.13. The van der Waals surface area contributed by atoms with Gasteiger partial charge in [-0.25, -0.2) is 0 Å². The third-order valence-electron chi connectivity index (χ3n) is 3.21. The van der Waals surface area contributed by atoms with E-state index in [-0.39, 0.29) is 5.75 Å². The Morgan fingerprint density at radius 2 is 1.71 bits per heavy atom. The van der Waals surface area contributed by atoms with Crippen molar-refractivity contribution in [3.63, 3.8) is 0 Å². The van der Waals surface area contributed by atoms with Gasteiger partial charge in [-0.3, -0.25) is 0 Å². The molecule has 0 saturated carbocycles. The number of anilines is 1. The molecule has 0 amide bonds. The van der Waals surface area contributed by atoms with Crippen LogP contribution in [0.25, 0.3) is 0 Å². The molecule has 2 N–H and O–H groups in total. The number of halogens is 1. The summed E-state index contributed by atoms with van der Waals surface area (Å²) in [5, 5.41) is 13.3. The Bertz CT molecular complexity index is 618. The van der Waals surface area contributed by atoms with Crippen molar-refractivity contribution >= 4 is 21.6 Å². The lowest BCUT2D eigenvalue weighted by atomic mass is 10.1. The van der Waals surface area contributed by atoms with E-state index >= 15 is 0 Å². The maximum absolute atomic E-state index is 9.90. The van der Waals surface area contributed by atoms with E-state index < -0.39 is 0 Å². The van der Waals surface area contributed by atoms with Gasteiger partial charge < -0.3 is 19.9 Å². The summed E-state index contributed by atoms with van der Waals surface area (Å²) in [4.78, 5) is 0. The van der Waals surface area contributed by atoms with Gasteiger partial charge in [0, 0.05) is 16.7 Å². The SMILES string of the molecule is COc1cc(CNc2ccc(Br)cc2C)cc(OC)c1O. The van der Waals surface area contributed by atoms with Gasteiger partial charge in [0.15, 0.2) is 11.5 Å². The normalized spacial score (nSPS) is 10.3. The number of hydrogen-bond donors (Lipinski definition) is 2. The first kappa shape index (κ1) is 15.5. The van der Waals surface area contributed by atoms with Crippen LogP contribution >= 0.6 is 15.9 Å². The van der Waals surface area contributed by atoms with Crippen molar-refractivity contribution < 1.29 is 14.6 Å². The lowest BCUT2D eigenvalue weighted by Crippen LogP contribution is -2.02. The number of methoxy groups -OCH3 is 2. The average Bonchev–Trinajstić information content (AvgIpc) is 2.47. The number of phenolic OH excluding ortho intramolecular Hbond substituents is 1. The first-order chi connectivity index (χ1) is 10.0. The van der Waals surface area contributed by atoms with Crippen molar-refractivity contribution in [3.8, 4) is 17.2 Å². The van der Waals surface area contributed by atoms with Crippen LogP contribution in [-0.4, -0.2) is 19.3 Å². The molecule has 2 rings (SSSR count). The highest BCUT2D eigenvalue weighted by molar-refractivity contribution is 9.10. The zero-order valence-electron chi connectivity index (χ0n) is 12.2. The van der Waals surface area contributed by atoms with Crippen LogP contribution in [0.4, 0.5) is 5.69 Å². The number of rotatable bonds is 5. The Morgan fingerprint density at radius 1 is 1.10 bits per heavy atom. The summed E-state index contributed by atoms with van der Waals surface area (Å²) in [5.41, 5.74) is 3.18. The molecule has 21 heavy (non-hydrogen) atoms. The van der Waals surface area contributed by atoms with Crippen molar-refractivity contribution in [2.24, 2.45) is 0 Å². The first-order valence-corrected chi connectivity index (χ1v) is 7.28. The minimum absolute atomic E-state index is 0.0172. The summed E-state index contributed by atoms with van der Waals surface area (Å²) in [7, 11) is 3.04. The fourth-order valence-electron chi connectivity index (χ4n) is 2.07. The molecule has 0 heterocycles. The van der Waals surface area contributed by atoms with Crippen LogP contribution in [0.15, 0.2) is 34.8 Å². The highest BCUT2D eigenvalue weighted by Crippen LogP contribution is 2.37. The summed E-state index contributed by atoms with van der Waals surface area (Å²) in [5.74, 6) is 0.820. The van der Waals surface area contributed by atoms with E-state index in [9.17, 15) is 5.11 Å². The number of aryl methyl sites for hydroxylation is 1. The van der Waals surface area contributed by atoms with E-state index in [1.54, 1.807) is 12.1 Å². The topological polar surface area (TPSA) is 50.7 Å². The first-order valence-electron chi connectivity index (χ1n) is 6.49. The second-order valence-corrected chi connectivity index (χ2v) is 5.58. The van der Waals surface area contributed by atoms with E-state index in [1.807, 2.05) is 19.1 Å². The average molecular weight is 352 g/mol. The van der Waals surface area contributed by atoms with Crippen LogP contribution < -0.4 is 14.8 Å². The molecule has 0 aliphatic carbocycles. The molecular weight excluding hydrogens is 334 g/mol. The van der Waals surface area contributed by atoms with Crippen molar-refractivity contribution in [2.75, 3.05) is 19.5 Å². The van der Waals surface area contributed by atoms with Crippen LogP contribution in [0.2, 0.25) is 0 Å². The number of aromatic hydroxyl groups is 1. The standard InChI is InChI=1S/C16H18BrNO3/c1-10-6-12(17)4-5-13(10)18-9-11-7-14(20-2)16(19)15(8-11)21-3/h4-8,18-19H,9H2,1-3H3. The highest BCUT2D eigenvalue weighted by atomic mass is 79.9. The molecule has 2 aromatic carbocycles. The third kappa shape index (κ3) is 3.61. The molecule has 0 unspecified atom stereocenters. The Hall–Kier alpha value is -1.88. The Labute approximate surface area is 132 Å². The second kappa shape index (κ2) is 6.72. The van der Waals surface area contributed by atoms with Gasteiger partial charge in [0.25, 0.3) is 0 Å². The molecule has 0 bridgehead atoms. The van der Waals surface area contributed by atoms with E-state index in [1.165, 1.54) is 14.2 Å². The Morgan fingerprint density at radius 3 is 2.24 bits per heavy atom. The molecule has 4 nitrogen and oxygen atoms in total. The van der Waals surface area contributed by atoms with Crippen LogP contribution in [0.1, 0.15) is 11.1 Å². The number of ether oxygens (including phenoxy) is 2. The molecule has 0 aromatic heterocycles. The summed E-state index contributed by atoms with van der Waals surface area (Å²) in [6, 6.07) is 9.65. The van der Waals surface area contributed by atoms with Gasteiger partial charge in [0.1, 0.15) is 0 Å². The molecule has 0 radical (unpaired) electrons. The largest absolute Gasteiger partial charge is 0.502 e. The molecule has 0 atom stereocenters. The van der Waals surface area contributed by atoms with Crippen LogP contribution in [0, 0.1) is 6.92 Å². The van der Waals surface area contributed by atoms with E-state index in [4.69, 9.17) is 9.47 Å². The molecule has 0 saturated heterocycles. The molecule has 0 aliphatic rings. The number of nitrogens with one attached hydrogen (secondary N) is 1. The van der Waals surface area contributed by atoms with Gasteiger partial charge in [-0.2, -0.15) is 0 Å². The van der Waals surface area contributed by atoms with Gasteiger partial charge >= 0.3 is 0 Å². The Balaban J connectivity index is 2.19. The molecule has 2 aromatic rings. The van der Waals surface area contributed by atoms with E-state index in [0.29, 0.717) is 18.0 Å². The molecule has 5 heteroatoms. The van der Waals surface area contributed by atoms with Crippen molar-refractivity contribution in [2.45, 2.75) is 13.5 Å². The third-order valence-corrected chi connectivity index (χ3v) is 3.70. The summed E-state index contributed by atoms with van der Waals surface area (Å²) in [6.45, 7) is 2.65. The minimum atomic E-state index is 0.0172. The zero-order valence-corrected chi connectivity index (χ0v) is 13.8. The fourth-order valence-corrected chi connectivity index (χ4v) is 2.55. The predicted molar refractivity (Wildman–Crippen MR) is 87.4 cm³/mol. The smallest absolute Gasteiger partial charge is 0.200 e. The van der Waals surface area contributed by atoms with Crippen LogP contribution in [0.3, 0.4) is 0 Å². The summed E-state index contributed by atoms with van der Waals surface area (Å²) < 4.78 is 11.4. The molecule has 0 fully saturated rings. The van der Waals surface area contributed by atoms with E-state index in [2.05, 4.69) is 27.3 Å². The quantitative estimate of drug-likeness (QED) is 0.851. The van der Waals surface area contributed by atoms with Gasteiger partial charge in [0.2, 0.25) is 5.75 Å². The summed E-state index contributed by atoms with van der Waals surface area (Å²) in [6.07, 6.45) is 0. The van der Waals surface area contributed by atoms with Gasteiger partial charge in [-0.15, -0.1) is 0 Å². The maximum atomic E-state index is 9.90. The van der Waals surface area contributed by atoms with Crippen molar-refractivity contribution in [3.05, 3.63) is 45.9 Å². The van der Waals surface area contributed by atoms with Crippen LogP contribution in [-0.2, 0) is 6.54 Å². The van der Waals surface area contributed by atoms with Gasteiger partial charge in [-0.1, -0.05) is 15.9 Å². The number of phenols is 1. The van der Waals surface area contributed by atoms with E-state index in [0.717, 1.165) is 21.3 Å². The van der Waals surface area contributed by atoms with Gasteiger partial charge in [0.05, 0.1) is 14.2 Å². The molecular formula is C16H18BrNO3. The number of hydrogen-bond acceptors (Lipinski definition) is 4. The van der Waals surface area contributed by atoms with Crippen LogP contribution in [0.5, 0.6) is 17.2 Å². The zero-order chi connectivity index (χ0) is 15.4. The highest BCUT2D eigenvalue weighted by Gasteiger charge is 2.11. The van der Waals surface area contributed by atoms with Gasteiger partial charge in [-0.05, 0) is 48.4 Å². The maximum Gasteiger partial charge on any atom is 0.200 e. The second-order valence-electron chi connectivity index (χ2n) is 4.66. The molecule has 0 spiro atoms. The number of benzene rings is 2. The molecule has 0 aliphatic heterocycles. The van der Waals surface area contributed by atoms with Crippen molar-refractivity contribution in [1.82, 2.24) is 0 Å². The summed E-state index contributed by atoms with van der Waals surface area (Å²) >= 11 is 3.45. The monoisotopic (exact) mass is 351 g/mol. The Kier molecular flexibility index (Phi) is 4.96. The van der Waals surface area contributed by atoms with Crippen molar-refractivity contribution in [1.29, 1.82) is 0 Å². The lowest BCUT2D eigenvalue weighted by molar-refractivity contribution is 0.339. The molecule has 112 valence electrons. The minimum Gasteiger partial charge on any atom is -0.502 e.